The quantitative estimate of drug-likeness (QED) is 0.777. The average Bonchev–Trinajstić information content (AvgIpc) is 2.61. The molecular formula is C22H29NO4S. The Morgan fingerprint density at radius 2 is 1.64 bits per heavy atom. The number of aliphatic hydroxyl groups excluding tert-OH is 2. The van der Waals surface area contributed by atoms with Gasteiger partial charge in [-0.3, -0.25) is 0 Å². The second-order valence-electron chi connectivity index (χ2n) is 7.86. The van der Waals surface area contributed by atoms with E-state index in [0.717, 1.165) is 11.1 Å². The normalized spacial score (nSPS) is 24.8. The molecule has 3 rings (SSSR count). The lowest BCUT2D eigenvalue weighted by molar-refractivity contribution is 0.0284. The molecule has 0 aliphatic carbocycles. The molecule has 5 nitrogen and oxygen atoms in total. The summed E-state index contributed by atoms with van der Waals surface area (Å²) in [6.07, 6.45) is 0.315. The standard InChI is InChI=1S/C22H29NO4S/c1-16-8-10-22(11-9-16)28(26,27)23-19(12-17(2)24)14-21(25)15-20(23)13-18-6-4-3-5-7-18/h3-11,17,19-21,24-25H,12-15H2,1-2H3/t17-,19+,20-,21-/m0/s1. The van der Waals surface area contributed by atoms with Crippen LogP contribution in [0, 0.1) is 6.92 Å². The molecule has 0 bridgehead atoms. The zero-order valence-corrected chi connectivity index (χ0v) is 17.2. The molecule has 1 saturated heterocycles. The van der Waals surface area contributed by atoms with Gasteiger partial charge >= 0.3 is 0 Å². The number of piperidine rings is 1. The fourth-order valence-electron chi connectivity index (χ4n) is 4.11. The van der Waals surface area contributed by atoms with Crippen LogP contribution in [0.4, 0.5) is 0 Å². The summed E-state index contributed by atoms with van der Waals surface area (Å²) >= 11 is 0. The zero-order valence-electron chi connectivity index (χ0n) is 16.4. The number of rotatable bonds is 6. The Morgan fingerprint density at radius 3 is 2.25 bits per heavy atom. The second-order valence-corrected chi connectivity index (χ2v) is 9.70. The highest BCUT2D eigenvalue weighted by Crippen LogP contribution is 2.34. The Labute approximate surface area is 167 Å². The van der Waals surface area contributed by atoms with Gasteiger partial charge in [0.2, 0.25) is 10.0 Å². The molecule has 2 N–H and O–H groups in total. The molecule has 0 amide bonds. The summed E-state index contributed by atoms with van der Waals surface area (Å²) in [6.45, 7) is 3.58. The second kappa shape index (κ2) is 8.74. The molecule has 0 saturated carbocycles. The number of aliphatic hydroxyl groups is 2. The van der Waals surface area contributed by atoms with Crippen LogP contribution >= 0.6 is 0 Å². The highest BCUT2D eigenvalue weighted by Gasteiger charge is 2.42. The van der Waals surface area contributed by atoms with Crippen LogP contribution in [0.25, 0.3) is 0 Å². The van der Waals surface area contributed by atoms with Gasteiger partial charge in [0, 0.05) is 12.1 Å². The van der Waals surface area contributed by atoms with Gasteiger partial charge in [0.15, 0.2) is 0 Å². The first-order valence-corrected chi connectivity index (χ1v) is 11.2. The van der Waals surface area contributed by atoms with E-state index in [0.29, 0.717) is 25.7 Å². The maximum atomic E-state index is 13.6. The maximum Gasteiger partial charge on any atom is 0.243 e. The molecule has 0 unspecified atom stereocenters. The van der Waals surface area contributed by atoms with E-state index in [9.17, 15) is 18.6 Å². The van der Waals surface area contributed by atoms with Gasteiger partial charge < -0.3 is 10.2 Å². The molecule has 1 aliphatic heterocycles. The van der Waals surface area contributed by atoms with Crippen molar-refractivity contribution in [1.29, 1.82) is 0 Å². The van der Waals surface area contributed by atoms with Crippen LogP contribution in [0.3, 0.4) is 0 Å². The van der Waals surface area contributed by atoms with Crippen molar-refractivity contribution in [2.75, 3.05) is 0 Å². The van der Waals surface area contributed by atoms with E-state index in [1.54, 1.807) is 35.5 Å². The van der Waals surface area contributed by atoms with Gasteiger partial charge in [-0.25, -0.2) is 8.42 Å². The van der Waals surface area contributed by atoms with Crippen molar-refractivity contribution in [3.05, 3.63) is 65.7 Å². The number of nitrogens with zero attached hydrogens (tertiary/aromatic N) is 1. The predicted molar refractivity (Wildman–Crippen MR) is 109 cm³/mol. The molecule has 1 aliphatic rings. The van der Waals surface area contributed by atoms with E-state index in [4.69, 9.17) is 0 Å². The Balaban J connectivity index is 2.00. The summed E-state index contributed by atoms with van der Waals surface area (Å²) < 4.78 is 28.7. The molecular weight excluding hydrogens is 374 g/mol. The van der Waals surface area contributed by atoms with Crippen molar-refractivity contribution in [1.82, 2.24) is 4.31 Å². The monoisotopic (exact) mass is 403 g/mol. The smallest absolute Gasteiger partial charge is 0.243 e. The summed E-state index contributed by atoms with van der Waals surface area (Å²) in [5.41, 5.74) is 2.02. The van der Waals surface area contributed by atoms with Gasteiger partial charge in [-0.15, -0.1) is 0 Å². The first-order valence-electron chi connectivity index (χ1n) is 9.77. The van der Waals surface area contributed by atoms with Crippen LogP contribution in [0.5, 0.6) is 0 Å². The number of aryl methyl sites for hydroxylation is 1. The van der Waals surface area contributed by atoms with E-state index in [-0.39, 0.29) is 10.9 Å². The highest BCUT2D eigenvalue weighted by atomic mass is 32.2. The lowest BCUT2D eigenvalue weighted by Gasteiger charge is -2.43. The minimum Gasteiger partial charge on any atom is -0.393 e. The van der Waals surface area contributed by atoms with Crippen molar-refractivity contribution in [3.8, 4) is 0 Å². The third-order valence-corrected chi connectivity index (χ3v) is 7.35. The molecule has 0 radical (unpaired) electrons. The van der Waals surface area contributed by atoms with Gasteiger partial charge in [-0.2, -0.15) is 4.31 Å². The number of benzene rings is 2. The Bertz CT molecular complexity index is 863. The zero-order chi connectivity index (χ0) is 20.3. The molecule has 0 spiro atoms. The molecule has 2 aromatic carbocycles. The van der Waals surface area contributed by atoms with Crippen molar-refractivity contribution < 1.29 is 18.6 Å². The van der Waals surface area contributed by atoms with Crippen molar-refractivity contribution in [3.63, 3.8) is 0 Å². The molecule has 1 heterocycles. The molecule has 1 fully saturated rings. The summed E-state index contributed by atoms with van der Waals surface area (Å²) in [5, 5.41) is 20.4. The van der Waals surface area contributed by atoms with Gasteiger partial charge in [-0.1, -0.05) is 48.0 Å². The van der Waals surface area contributed by atoms with Gasteiger partial charge in [0.05, 0.1) is 17.1 Å². The first-order chi connectivity index (χ1) is 13.3. The maximum absolute atomic E-state index is 13.6. The van der Waals surface area contributed by atoms with Gasteiger partial charge in [-0.05, 0) is 57.2 Å². The third kappa shape index (κ3) is 4.81. The van der Waals surface area contributed by atoms with E-state index in [1.165, 1.54) is 0 Å². The topological polar surface area (TPSA) is 77.8 Å². The fraction of sp³-hybridized carbons (Fsp3) is 0.455. The minimum absolute atomic E-state index is 0.253. The first kappa shape index (κ1) is 21.0. The van der Waals surface area contributed by atoms with Crippen LogP contribution in [-0.4, -0.2) is 47.2 Å². The van der Waals surface area contributed by atoms with E-state index in [1.807, 2.05) is 37.3 Å². The summed E-state index contributed by atoms with van der Waals surface area (Å²) in [6, 6.07) is 15.8. The molecule has 4 atom stereocenters. The summed E-state index contributed by atoms with van der Waals surface area (Å²) in [5.74, 6) is 0. The molecule has 28 heavy (non-hydrogen) atoms. The number of hydrogen-bond donors (Lipinski definition) is 2. The molecule has 6 heteroatoms. The van der Waals surface area contributed by atoms with E-state index >= 15 is 0 Å². The predicted octanol–water partition coefficient (Wildman–Crippen LogP) is 2.89. The van der Waals surface area contributed by atoms with Crippen LogP contribution in [0.15, 0.2) is 59.5 Å². The molecule has 152 valence electrons. The molecule has 0 aromatic heterocycles. The summed E-state index contributed by atoms with van der Waals surface area (Å²) in [4.78, 5) is 0.253. The Morgan fingerprint density at radius 1 is 1.04 bits per heavy atom. The van der Waals surface area contributed by atoms with E-state index in [2.05, 4.69) is 0 Å². The van der Waals surface area contributed by atoms with Crippen molar-refractivity contribution in [2.24, 2.45) is 0 Å². The van der Waals surface area contributed by atoms with Crippen LogP contribution < -0.4 is 0 Å². The minimum atomic E-state index is -3.76. The van der Waals surface area contributed by atoms with Crippen molar-refractivity contribution >= 4 is 10.0 Å². The fourth-order valence-corrected chi connectivity index (χ4v) is 5.95. The van der Waals surface area contributed by atoms with Crippen molar-refractivity contribution in [2.45, 2.75) is 68.7 Å². The lowest BCUT2D eigenvalue weighted by atomic mass is 9.89. The SMILES string of the molecule is Cc1ccc(S(=O)(=O)N2[C@@H](Cc3ccccc3)C[C@@H](O)C[C@H]2C[C@H](C)O)cc1. The van der Waals surface area contributed by atoms with Crippen LogP contribution in [-0.2, 0) is 16.4 Å². The van der Waals surface area contributed by atoms with Gasteiger partial charge in [0.25, 0.3) is 0 Å². The number of sulfonamides is 1. The van der Waals surface area contributed by atoms with E-state index < -0.39 is 28.3 Å². The van der Waals surface area contributed by atoms with Crippen LogP contribution in [0.1, 0.15) is 37.3 Å². The average molecular weight is 404 g/mol. The largest absolute Gasteiger partial charge is 0.393 e. The van der Waals surface area contributed by atoms with Crippen LogP contribution in [0.2, 0.25) is 0 Å². The number of hydrogen-bond acceptors (Lipinski definition) is 4. The third-order valence-electron chi connectivity index (χ3n) is 5.33. The molecule has 2 aromatic rings. The summed E-state index contributed by atoms with van der Waals surface area (Å²) in [7, 11) is -3.76. The highest BCUT2D eigenvalue weighted by molar-refractivity contribution is 7.89. The van der Waals surface area contributed by atoms with Gasteiger partial charge in [0.1, 0.15) is 0 Å². The Kier molecular flexibility index (Phi) is 6.55. The Hall–Kier alpha value is -1.73. The lowest BCUT2D eigenvalue weighted by Crippen LogP contribution is -2.54.